The molecule has 14 heavy (non-hydrogen) atoms. The molecule has 1 aliphatic rings. The first-order chi connectivity index (χ1) is 6.27. The van der Waals surface area contributed by atoms with Gasteiger partial charge in [0.05, 0.1) is 6.61 Å². The van der Waals surface area contributed by atoms with E-state index in [0.29, 0.717) is 6.61 Å². The van der Waals surface area contributed by atoms with Gasteiger partial charge < -0.3 is 4.74 Å². The first kappa shape index (κ1) is 17.5. The molecular weight excluding hydrogens is 346 g/mol. The number of unbranched alkanes of at least 4 members (excludes halogenated alkanes) is 1. The van der Waals surface area contributed by atoms with Gasteiger partial charge in [0.1, 0.15) is 0 Å². The minimum atomic E-state index is -0.182. The summed E-state index contributed by atoms with van der Waals surface area (Å²) in [5.74, 6) is -0.182. The Morgan fingerprint density at radius 1 is 1.36 bits per heavy atom. The van der Waals surface area contributed by atoms with Crippen LogP contribution in [0.15, 0.2) is 10.8 Å². The number of ether oxygens (including phenoxy) is 1. The smallest absolute Gasteiger partial charge is 0.302 e. The zero-order valence-electron chi connectivity index (χ0n) is 8.26. The first-order valence-corrected chi connectivity index (χ1v) is 7.65. The molecule has 6 heteroatoms. The van der Waals surface area contributed by atoms with Crippen LogP contribution in [-0.4, -0.2) is 37.0 Å². The Balaban J connectivity index is 0. The average Bonchev–Trinajstić information content (AvgIpc) is 2.61. The predicted octanol–water partition coefficient (Wildman–Crippen LogP) is 3.47. The van der Waals surface area contributed by atoms with Crippen LogP contribution in [0.2, 0.25) is 0 Å². The van der Waals surface area contributed by atoms with Crippen molar-refractivity contribution in [2.24, 2.45) is 0 Å². The van der Waals surface area contributed by atoms with Crippen molar-refractivity contribution >= 4 is 61.8 Å². The number of rotatable bonds is 3. The van der Waals surface area contributed by atoms with E-state index >= 15 is 0 Å². The average molecular weight is 360 g/mol. The minimum absolute atomic E-state index is 0. The van der Waals surface area contributed by atoms with Gasteiger partial charge in [-0.1, -0.05) is 34.9 Å². The topological polar surface area (TPSA) is 26.3 Å². The summed E-state index contributed by atoms with van der Waals surface area (Å²) in [6, 6.07) is 0. The molecule has 1 aliphatic heterocycles. The van der Waals surface area contributed by atoms with E-state index < -0.39 is 0 Å². The van der Waals surface area contributed by atoms with Gasteiger partial charge in [-0.05, 0) is 27.1 Å². The van der Waals surface area contributed by atoms with Gasteiger partial charge in [0, 0.05) is 31.4 Å². The molecule has 0 atom stereocenters. The van der Waals surface area contributed by atoms with Crippen LogP contribution in [0.4, 0.5) is 0 Å². The minimum Gasteiger partial charge on any atom is -0.466 e. The third-order valence-corrected chi connectivity index (χ3v) is 4.42. The molecule has 0 amide bonds. The van der Waals surface area contributed by atoms with Crippen molar-refractivity contribution < 1.29 is 9.53 Å². The van der Waals surface area contributed by atoms with E-state index in [2.05, 4.69) is 22.5 Å². The van der Waals surface area contributed by atoms with Crippen molar-refractivity contribution in [2.75, 3.05) is 6.61 Å². The summed E-state index contributed by atoms with van der Waals surface area (Å²) in [4.78, 5) is 10.1. The summed E-state index contributed by atoms with van der Waals surface area (Å²) < 4.78 is 4.64. The zero-order valence-corrected chi connectivity index (χ0v) is 13.3. The Hall–Kier alpha value is 1.08. The van der Waals surface area contributed by atoms with Gasteiger partial charge in [0.25, 0.3) is 0 Å². The van der Waals surface area contributed by atoms with Crippen molar-refractivity contribution in [2.45, 2.75) is 26.7 Å². The third-order valence-electron chi connectivity index (χ3n) is 1.05. The quantitative estimate of drug-likeness (QED) is 0.332. The second kappa shape index (κ2) is 14.1. The van der Waals surface area contributed by atoms with Gasteiger partial charge in [-0.2, -0.15) is 0 Å². The van der Waals surface area contributed by atoms with Crippen molar-refractivity contribution in [3.05, 3.63) is 10.8 Å². The summed E-state index contributed by atoms with van der Waals surface area (Å²) in [6.07, 6.45) is 2.05. The van der Waals surface area contributed by atoms with Crippen LogP contribution < -0.4 is 0 Å². The van der Waals surface area contributed by atoms with E-state index in [1.807, 2.05) is 0 Å². The Morgan fingerprint density at radius 2 is 1.93 bits per heavy atom. The van der Waals surface area contributed by atoms with Crippen LogP contribution >= 0.6 is 31.4 Å². The number of carbonyl (C=O) groups excluding carboxylic acids is 1. The molecule has 3 radical (unpaired) electrons. The predicted molar refractivity (Wildman–Crippen MR) is 69.2 cm³/mol. The maximum Gasteiger partial charge on any atom is 0.302 e. The molecule has 0 aromatic carbocycles. The summed E-state index contributed by atoms with van der Waals surface area (Å²) in [5.41, 5.74) is 0. The van der Waals surface area contributed by atoms with Crippen molar-refractivity contribution in [1.82, 2.24) is 0 Å². The second-order valence-corrected chi connectivity index (χ2v) is 6.08. The van der Waals surface area contributed by atoms with Crippen LogP contribution in [0, 0.1) is 0 Å². The fourth-order valence-corrected chi connectivity index (χ4v) is 3.42. The van der Waals surface area contributed by atoms with Gasteiger partial charge >= 0.3 is 5.97 Å². The molecule has 0 aromatic heterocycles. The molecular formula is C8H14O2S3Sb. The molecule has 2 nitrogen and oxygen atoms in total. The van der Waals surface area contributed by atoms with Crippen LogP contribution in [0.3, 0.4) is 0 Å². The first-order valence-electron chi connectivity index (χ1n) is 4.04. The molecule has 0 saturated carbocycles. The van der Waals surface area contributed by atoms with Crippen LogP contribution in [-0.2, 0) is 9.53 Å². The Bertz CT molecular complexity index is 159. The Labute approximate surface area is 115 Å². The third kappa shape index (κ3) is 15.5. The molecule has 0 saturated heterocycles. The molecule has 81 valence electrons. The monoisotopic (exact) mass is 359 g/mol. The molecule has 0 unspecified atom stereocenters. The van der Waals surface area contributed by atoms with E-state index in [1.54, 1.807) is 31.4 Å². The molecule has 0 fully saturated rings. The molecule has 0 aliphatic carbocycles. The van der Waals surface area contributed by atoms with Gasteiger partial charge in [0.2, 0.25) is 0 Å². The summed E-state index contributed by atoms with van der Waals surface area (Å²) in [6.45, 7) is 4.06. The summed E-state index contributed by atoms with van der Waals surface area (Å²) in [7, 11) is 5.34. The van der Waals surface area contributed by atoms with Gasteiger partial charge in [-0.3, -0.25) is 4.79 Å². The largest absolute Gasteiger partial charge is 0.466 e. The van der Waals surface area contributed by atoms with Crippen LogP contribution in [0.25, 0.3) is 0 Å². The zero-order chi connectivity index (χ0) is 9.94. The van der Waals surface area contributed by atoms with Crippen molar-refractivity contribution in [1.29, 1.82) is 0 Å². The van der Waals surface area contributed by atoms with E-state index in [4.69, 9.17) is 0 Å². The SMILES string of the molecule is C1=CSSS1.CCCCOC(C)=O.[Sb]. The van der Waals surface area contributed by atoms with Gasteiger partial charge in [0.15, 0.2) is 0 Å². The maximum atomic E-state index is 10.1. The van der Waals surface area contributed by atoms with Crippen molar-refractivity contribution in [3.8, 4) is 0 Å². The molecule has 0 N–H and O–H groups in total. The number of carbonyl (C=O) groups is 1. The van der Waals surface area contributed by atoms with E-state index in [9.17, 15) is 4.79 Å². The normalized spacial score (nSPS) is 12.4. The molecule has 0 aromatic rings. The van der Waals surface area contributed by atoms with Crippen LogP contribution in [0.5, 0.6) is 0 Å². The molecule has 0 bridgehead atoms. The summed E-state index contributed by atoms with van der Waals surface area (Å²) >= 11 is 0. The van der Waals surface area contributed by atoms with Gasteiger partial charge in [-0.15, -0.1) is 0 Å². The maximum absolute atomic E-state index is 10.1. The van der Waals surface area contributed by atoms with Crippen LogP contribution in [0.1, 0.15) is 26.7 Å². The fraction of sp³-hybridized carbons (Fsp3) is 0.625. The van der Waals surface area contributed by atoms with E-state index in [0.717, 1.165) is 12.8 Å². The molecule has 1 heterocycles. The van der Waals surface area contributed by atoms with E-state index in [1.165, 1.54) is 6.92 Å². The summed E-state index contributed by atoms with van der Waals surface area (Å²) in [5, 5.41) is 4.16. The molecule has 0 spiro atoms. The number of hydrogen-bond donors (Lipinski definition) is 0. The molecule has 1 rings (SSSR count). The fourth-order valence-electron chi connectivity index (χ4n) is 0.474. The standard InChI is InChI=1S/C6H12O2.C2H2S3.Sb/c1-3-4-5-8-6(2)7;1-2-4-5-3-1;/h3-5H2,1-2H3;1-2H;. The van der Waals surface area contributed by atoms with E-state index in [-0.39, 0.29) is 30.4 Å². The second-order valence-electron chi connectivity index (χ2n) is 2.23. The number of hydrogen-bond acceptors (Lipinski definition) is 5. The van der Waals surface area contributed by atoms with Gasteiger partial charge in [-0.25, -0.2) is 0 Å². The Morgan fingerprint density at radius 3 is 2.21 bits per heavy atom. The number of esters is 1. The Kier molecular flexibility index (Phi) is 17.6. The van der Waals surface area contributed by atoms with Crippen molar-refractivity contribution in [3.63, 3.8) is 0 Å².